The molecule has 0 amide bonds. The average molecular weight is 896 g/mol. The van der Waals surface area contributed by atoms with E-state index in [1.54, 1.807) is 0 Å². The van der Waals surface area contributed by atoms with Gasteiger partial charge in [0.2, 0.25) is 0 Å². The highest BCUT2D eigenvalue weighted by Crippen LogP contribution is 2.64. The van der Waals surface area contributed by atoms with E-state index in [-0.39, 0.29) is 16.2 Å². The van der Waals surface area contributed by atoms with Gasteiger partial charge in [0.15, 0.2) is 0 Å². The molecule has 1 aromatic heterocycles. The summed E-state index contributed by atoms with van der Waals surface area (Å²) in [5, 5.41) is 1.37. The van der Waals surface area contributed by atoms with Gasteiger partial charge in [-0.05, 0) is 161 Å². The van der Waals surface area contributed by atoms with Crippen LogP contribution in [0.4, 0.5) is 17.1 Å². The fraction of sp³-hybridized carbons (Fsp3) is 0.212. The van der Waals surface area contributed by atoms with Crippen molar-refractivity contribution in [2.75, 3.05) is 4.90 Å². The van der Waals surface area contributed by atoms with Crippen molar-refractivity contribution < 1.29 is 0 Å². The number of rotatable bonds is 4. The Morgan fingerprint density at radius 2 is 1.01 bits per heavy atom. The quantitative estimate of drug-likeness (QED) is 0.170. The van der Waals surface area contributed by atoms with Gasteiger partial charge in [0, 0.05) is 31.9 Å². The molecule has 0 unspecified atom stereocenters. The van der Waals surface area contributed by atoms with Crippen molar-refractivity contribution in [1.82, 2.24) is 0 Å². The number of fused-ring (bicyclic) bond motifs is 16. The van der Waals surface area contributed by atoms with Gasteiger partial charge in [-0.1, -0.05) is 189 Å². The molecule has 9 aromatic rings. The highest BCUT2D eigenvalue weighted by Gasteiger charge is 2.52. The molecule has 0 saturated heterocycles. The maximum Gasteiger partial charge on any atom is 0.0726 e. The second kappa shape index (κ2) is 14.4. The van der Waals surface area contributed by atoms with Crippen LogP contribution in [-0.4, -0.2) is 0 Å². The third-order valence-electron chi connectivity index (χ3n) is 16.1. The minimum atomic E-state index is -0.515. The molecule has 0 saturated carbocycles. The van der Waals surface area contributed by atoms with Crippen molar-refractivity contribution in [3.8, 4) is 44.5 Å². The summed E-state index contributed by atoms with van der Waals surface area (Å²) < 4.78 is 1.35. The smallest absolute Gasteiger partial charge is 0.0726 e. The Morgan fingerprint density at radius 3 is 1.72 bits per heavy atom. The third-order valence-corrected chi connectivity index (χ3v) is 17.3. The van der Waals surface area contributed by atoms with Crippen molar-refractivity contribution in [2.24, 2.45) is 0 Å². The predicted molar refractivity (Wildman–Crippen MR) is 291 cm³/mol. The number of para-hydroxylation sites is 1. The lowest BCUT2D eigenvalue weighted by Gasteiger charge is -2.34. The molecule has 1 spiro atoms. The van der Waals surface area contributed by atoms with Crippen molar-refractivity contribution in [1.29, 1.82) is 0 Å². The molecule has 2 heteroatoms. The highest BCUT2D eigenvalue weighted by atomic mass is 32.1. The van der Waals surface area contributed by atoms with Crippen molar-refractivity contribution >= 4 is 44.6 Å². The molecule has 0 atom stereocenters. The molecule has 13 rings (SSSR count). The van der Waals surface area contributed by atoms with Crippen LogP contribution in [0.1, 0.15) is 117 Å². The standard InChI is InChI=1S/C66H57NS/c1-63(2,3)40-28-32-45-46-33-29-41(64(4,5)6)37-57(46)66(56(45)36-40)54-24-14-9-18-44(54)47-34-30-43(39-58(47)66)67(42-31-35-61-52(38-42)49-20-12-16-27-60(49)68-61)59-26-15-11-19-48(59)50-22-17-25-55-62(50)51-21-10-13-23-53(51)65(55,7)8/h9-11,13-19,21-39H,12,20H2,1-8H3. The largest absolute Gasteiger partial charge is 0.310 e. The lowest BCUT2D eigenvalue weighted by Crippen LogP contribution is -2.27. The topological polar surface area (TPSA) is 3.24 Å². The molecule has 1 heterocycles. The second-order valence-corrected chi connectivity index (χ2v) is 23.4. The Kier molecular flexibility index (Phi) is 8.77. The number of allylic oxidation sites excluding steroid dienone is 1. The molecule has 8 aromatic carbocycles. The molecular weight excluding hydrogens is 839 g/mol. The molecule has 4 aliphatic rings. The average Bonchev–Trinajstić information content (AvgIpc) is 4.02. The first kappa shape index (κ1) is 41.4. The normalized spacial score (nSPS) is 15.4. The summed E-state index contributed by atoms with van der Waals surface area (Å²) in [4.78, 5) is 3.99. The predicted octanol–water partition coefficient (Wildman–Crippen LogP) is 18.2. The van der Waals surface area contributed by atoms with Crippen molar-refractivity contribution in [2.45, 2.75) is 89.9 Å². The van der Waals surface area contributed by atoms with Gasteiger partial charge in [0.25, 0.3) is 0 Å². The van der Waals surface area contributed by atoms with Gasteiger partial charge >= 0.3 is 0 Å². The zero-order chi connectivity index (χ0) is 46.5. The van der Waals surface area contributed by atoms with E-state index in [0.717, 1.165) is 18.5 Å². The third kappa shape index (κ3) is 5.74. The van der Waals surface area contributed by atoms with Crippen LogP contribution in [-0.2, 0) is 28.1 Å². The van der Waals surface area contributed by atoms with Gasteiger partial charge in [-0.15, -0.1) is 11.3 Å². The first-order valence-corrected chi connectivity index (χ1v) is 25.5. The van der Waals surface area contributed by atoms with Crippen LogP contribution in [0.3, 0.4) is 0 Å². The molecule has 0 fully saturated rings. The van der Waals surface area contributed by atoms with Gasteiger partial charge in [0.05, 0.1) is 11.1 Å². The molecule has 68 heavy (non-hydrogen) atoms. The van der Waals surface area contributed by atoms with E-state index in [9.17, 15) is 0 Å². The molecular formula is C66H57NS. The monoisotopic (exact) mass is 895 g/mol. The van der Waals surface area contributed by atoms with Crippen LogP contribution in [0, 0.1) is 0 Å². The van der Waals surface area contributed by atoms with Crippen LogP contribution in [0.5, 0.6) is 0 Å². The molecule has 332 valence electrons. The number of hydrogen-bond acceptors (Lipinski definition) is 2. The summed E-state index contributed by atoms with van der Waals surface area (Å²) >= 11 is 1.93. The van der Waals surface area contributed by atoms with Crippen molar-refractivity contribution in [3.05, 3.63) is 225 Å². The van der Waals surface area contributed by atoms with Crippen LogP contribution in [0.2, 0.25) is 0 Å². The SMILES string of the molecule is CC(C)(C)c1ccc2c(c1)C1(c3ccccc3-c3ccc(N(c4ccc5sc6c(c5c4)CCC=C6)c4ccccc4-c4cccc5c4-c4ccccc4C5(C)C)cc31)c1cc(C(C)(C)C)ccc1-2. The number of aryl methyl sites for hydroxylation is 1. The fourth-order valence-electron chi connectivity index (χ4n) is 12.7. The lowest BCUT2D eigenvalue weighted by atomic mass is 9.68. The van der Waals surface area contributed by atoms with Crippen molar-refractivity contribution in [3.63, 3.8) is 0 Å². The second-order valence-electron chi connectivity index (χ2n) is 22.4. The maximum absolute atomic E-state index is 2.59. The number of hydrogen-bond donors (Lipinski definition) is 0. The van der Waals surface area contributed by atoms with Crippen LogP contribution >= 0.6 is 11.3 Å². The Balaban J connectivity index is 1.11. The van der Waals surface area contributed by atoms with E-state index in [0.29, 0.717) is 0 Å². The maximum atomic E-state index is 2.59. The number of benzene rings is 8. The van der Waals surface area contributed by atoms with E-state index in [2.05, 4.69) is 236 Å². The van der Waals surface area contributed by atoms with Crippen LogP contribution in [0.15, 0.2) is 170 Å². The Labute approximate surface area is 406 Å². The zero-order valence-corrected chi connectivity index (χ0v) is 41.3. The van der Waals surface area contributed by atoms with Gasteiger partial charge < -0.3 is 4.90 Å². The van der Waals surface area contributed by atoms with Crippen LogP contribution < -0.4 is 4.90 Å². The summed E-state index contributed by atoms with van der Waals surface area (Å²) in [7, 11) is 0. The molecule has 0 bridgehead atoms. The lowest BCUT2D eigenvalue weighted by molar-refractivity contribution is 0.586. The van der Waals surface area contributed by atoms with Gasteiger partial charge in [-0.3, -0.25) is 0 Å². The van der Waals surface area contributed by atoms with E-state index < -0.39 is 5.41 Å². The summed E-state index contributed by atoms with van der Waals surface area (Å²) in [6.07, 6.45) is 6.84. The molecule has 0 aliphatic heterocycles. The van der Waals surface area contributed by atoms with Gasteiger partial charge in [0.1, 0.15) is 0 Å². The number of nitrogens with zero attached hydrogens (tertiary/aromatic N) is 1. The van der Waals surface area contributed by atoms with Gasteiger partial charge in [-0.25, -0.2) is 0 Å². The molecule has 1 nitrogen and oxygen atoms in total. The number of anilines is 3. The van der Waals surface area contributed by atoms with Crippen LogP contribution in [0.25, 0.3) is 60.7 Å². The molecule has 0 N–H and O–H groups in total. The van der Waals surface area contributed by atoms with E-state index in [1.807, 2.05) is 11.3 Å². The summed E-state index contributed by atoms with van der Waals surface area (Å²) in [5.74, 6) is 0. The fourth-order valence-corrected chi connectivity index (χ4v) is 13.8. The minimum Gasteiger partial charge on any atom is -0.310 e. The van der Waals surface area contributed by atoms with Gasteiger partial charge in [-0.2, -0.15) is 0 Å². The first-order chi connectivity index (χ1) is 32.7. The summed E-state index contributed by atoms with van der Waals surface area (Å²) in [6, 6.07) is 64.0. The zero-order valence-electron chi connectivity index (χ0n) is 40.5. The highest BCUT2D eigenvalue weighted by molar-refractivity contribution is 7.20. The molecule has 4 aliphatic carbocycles. The Bertz CT molecular complexity index is 3570. The Hall–Kier alpha value is -6.74. The van der Waals surface area contributed by atoms with E-state index in [1.165, 1.54) is 121 Å². The molecule has 0 radical (unpaired) electrons. The summed E-state index contributed by atoms with van der Waals surface area (Å²) in [5.41, 5.74) is 25.8. The minimum absolute atomic E-state index is 0.0203. The summed E-state index contributed by atoms with van der Waals surface area (Å²) in [6.45, 7) is 18.9. The first-order valence-electron chi connectivity index (χ1n) is 24.6. The van der Waals surface area contributed by atoms with E-state index >= 15 is 0 Å². The Morgan fingerprint density at radius 1 is 0.471 bits per heavy atom. The number of thiophene rings is 1. The van der Waals surface area contributed by atoms with E-state index in [4.69, 9.17) is 0 Å².